The van der Waals surface area contributed by atoms with E-state index >= 15 is 0 Å². The van der Waals surface area contributed by atoms with Crippen LogP contribution in [0.15, 0.2) is 24.3 Å². The Labute approximate surface area is 77.0 Å². The molecule has 0 radical (unpaired) electrons. The number of benzene rings is 1. The number of hydrogen-bond donors (Lipinski definition) is 2. The third-order valence-corrected chi connectivity index (χ3v) is 1.99. The smallest absolute Gasteiger partial charge is 0.0833 e. The summed E-state index contributed by atoms with van der Waals surface area (Å²) in [6, 6.07) is 7.43. The van der Waals surface area contributed by atoms with E-state index in [0.717, 1.165) is 5.56 Å². The van der Waals surface area contributed by atoms with Crippen molar-refractivity contribution in [2.75, 3.05) is 0 Å². The van der Waals surface area contributed by atoms with Crippen LogP contribution in [0, 0.1) is 0 Å². The minimum Gasteiger partial charge on any atom is -0.313 e. The van der Waals surface area contributed by atoms with Crippen molar-refractivity contribution in [2.45, 2.75) is 11.8 Å². The van der Waals surface area contributed by atoms with E-state index in [0.29, 0.717) is 5.02 Å². The van der Waals surface area contributed by atoms with Crippen LogP contribution in [0.4, 0.5) is 0 Å². The topological polar surface area (TPSA) is 26.0 Å². The summed E-state index contributed by atoms with van der Waals surface area (Å²) in [6.07, 6.45) is 0. The number of rotatable bonds is 1. The summed E-state index contributed by atoms with van der Waals surface area (Å²) in [5.41, 5.74) is 6.59. The summed E-state index contributed by atoms with van der Waals surface area (Å²) in [6.45, 7) is 1.80. The second-order valence-corrected chi connectivity index (χ2v) is 3.96. The monoisotopic (exact) mass is 187 g/mol. The highest BCUT2D eigenvalue weighted by Gasteiger charge is 2.17. The maximum atomic E-state index is 5.88. The molecule has 0 heterocycles. The summed E-state index contributed by atoms with van der Waals surface area (Å²) in [4.78, 5) is -0.654. The van der Waals surface area contributed by atoms with Crippen molar-refractivity contribution in [1.82, 2.24) is 0 Å². The Morgan fingerprint density at radius 2 is 2.00 bits per heavy atom. The first-order valence-corrected chi connectivity index (χ1v) is 4.10. The van der Waals surface area contributed by atoms with Crippen molar-refractivity contribution in [3.8, 4) is 0 Å². The molecule has 0 aromatic heterocycles. The van der Waals surface area contributed by atoms with Gasteiger partial charge in [0.05, 0.1) is 4.87 Å². The molecular weight excluding hydrogens is 178 g/mol. The summed E-state index contributed by atoms with van der Waals surface area (Å²) in [5, 5.41) is 0.660. The van der Waals surface area contributed by atoms with Crippen LogP contribution in [0.1, 0.15) is 12.5 Å². The highest BCUT2D eigenvalue weighted by Crippen LogP contribution is 2.27. The summed E-state index contributed by atoms with van der Waals surface area (Å²) >= 11 is 10.1. The van der Waals surface area contributed by atoms with E-state index < -0.39 is 4.87 Å². The number of nitrogens with two attached hydrogens (primary N) is 1. The average molecular weight is 188 g/mol. The summed E-state index contributed by atoms with van der Waals surface area (Å²) < 4.78 is 0. The van der Waals surface area contributed by atoms with Gasteiger partial charge in [0.25, 0.3) is 0 Å². The fraction of sp³-hybridized carbons (Fsp3) is 0.250. The van der Waals surface area contributed by atoms with E-state index in [1.54, 1.807) is 13.0 Å². The van der Waals surface area contributed by atoms with E-state index in [1.807, 2.05) is 18.2 Å². The lowest BCUT2D eigenvalue weighted by molar-refractivity contribution is 0.746. The first kappa shape index (κ1) is 8.91. The quantitative estimate of drug-likeness (QED) is 0.513. The molecule has 0 spiro atoms. The maximum Gasteiger partial charge on any atom is 0.0833 e. The van der Waals surface area contributed by atoms with Gasteiger partial charge in [0.1, 0.15) is 0 Å². The highest BCUT2D eigenvalue weighted by molar-refractivity contribution is 7.81. The third-order valence-electron chi connectivity index (χ3n) is 1.42. The van der Waals surface area contributed by atoms with Gasteiger partial charge in [-0.2, -0.15) is 12.6 Å². The molecule has 1 atom stereocenters. The van der Waals surface area contributed by atoms with Crippen molar-refractivity contribution in [2.24, 2.45) is 5.73 Å². The van der Waals surface area contributed by atoms with E-state index in [4.69, 9.17) is 17.3 Å². The molecule has 1 aromatic rings. The van der Waals surface area contributed by atoms with Crippen LogP contribution in [-0.2, 0) is 4.87 Å². The standard InChI is InChI=1S/C8H10ClNS/c1-8(10,11)6-4-2-3-5-7(6)9/h2-5,11H,10H2,1H3. The van der Waals surface area contributed by atoms with Crippen molar-refractivity contribution in [1.29, 1.82) is 0 Å². The molecule has 0 aliphatic heterocycles. The lowest BCUT2D eigenvalue weighted by Gasteiger charge is -2.18. The van der Waals surface area contributed by atoms with Crippen molar-refractivity contribution in [3.05, 3.63) is 34.9 Å². The number of thiol groups is 1. The molecule has 1 rings (SSSR count). The van der Waals surface area contributed by atoms with Gasteiger partial charge in [-0.05, 0) is 13.0 Å². The van der Waals surface area contributed by atoms with Gasteiger partial charge in [-0.1, -0.05) is 29.8 Å². The van der Waals surface area contributed by atoms with Gasteiger partial charge in [0, 0.05) is 10.6 Å². The Morgan fingerprint density at radius 1 is 1.45 bits per heavy atom. The largest absolute Gasteiger partial charge is 0.313 e. The molecule has 1 aromatic carbocycles. The zero-order valence-corrected chi connectivity index (χ0v) is 7.86. The maximum absolute atomic E-state index is 5.88. The molecule has 0 fully saturated rings. The number of hydrogen-bond acceptors (Lipinski definition) is 2. The van der Waals surface area contributed by atoms with Gasteiger partial charge >= 0.3 is 0 Å². The van der Waals surface area contributed by atoms with E-state index in [2.05, 4.69) is 12.6 Å². The fourth-order valence-electron chi connectivity index (χ4n) is 0.872. The van der Waals surface area contributed by atoms with E-state index in [1.165, 1.54) is 0 Å². The minimum absolute atomic E-state index is 0.654. The molecule has 0 bridgehead atoms. The van der Waals surface area contributed by atoms with E-state index in [9.17, 15) is 0 Å². The first-order chi connectivity index (χ1) is 5.02. The lowest BCUT2D eigenvalue weighted by Crippen LogP contribution is -2.25. The Balaban J connectivity index is 3.14. The zero-order chi connectivity index (χ0) is 8.48. The van der Waals surface area contributed by atoms with E-state index in [-0.39, 0.29) is 0 Å². The van der Waals surface area contributed by atoms with Crippen molar-refractivity contribution in [3.63, 3.8) is 0 Å². The van der Waals surface area contributed by atoms with Crippen molar-refractivity contribution >= 4 is 24.2 Å². The molecule has 1 nitrogen and oxygen atoms in total. The SMILES string of the molecule is CC(N)(S)c1ccccc1Cl. The molecule has 1 unspecified atom stereocenters. The highest BCUT2D eigenvalue weighted by atomic mass is 35.5. The minimum atomic E-state index is -0.654. The molecule has 0 saturated carbocycles. The molecule has 11 heavy (non-hydrogen) atoms. The van der Waals surface area contributed by atoms with Gasteiger partial charge in [0.2, 0.25) is 0 Å². The van der Waals surface area contributed by atoms with Crippen LogP contribution in [-0.4, -0.2) is 0 Å². The molecule has 0 amide bonds. The van der Waals surface area contributed by atoms with Gasteiger partial charge in [-0.25, -0.2) is 0 Å². The first-order valence-electron chi connectivity index (χ1n) is 3.28. The molecule has 0 saturated heterocycles. The molecular formula is C8H10ClNS. The predicted molar refractivity (Wildman–Crippen MR) is 52.0 cm³/mol. The second-order valence-electron chi connectivity index (χ2n) is 2.63. The number of halogens is 1. The normalized spacial score (nSPS) is 16.0. The second kappa shape index (κ2) is 3.05. The Bertz CT molecular complexity index is 255. The van der Waals surface area contributed by atoms with Crippen LogP contribution in [0.2, 0.25) is 5.02 Å². The summed E-state index contributed by atoms with van der Waals surface area (Å²) in [5.74, 6) is 0. The fourth-order valence-corrected chi connectivity index (χ4v) is 1.46. The third kappa shape index (κ3) is 2.12. The van der Waals surface area contributed by atoms with Gasteiger partial charge in [0.15, 0.2) is 0 Å². The van der Waals surface area contributed by atoms with Gasteiger partial charge < -0.3 is 5.73 Å². The van der Waals surface area contributed by atoms with Crippen LogP contribution in [0.5, 0.6) is 0 Å². The average Bonchev–Trinajstić information content (AvgIpc) is 1.86. The summed E-state index contributed by atoms with van der Waals surface area (Å²) in [7, 11) is 0. The predicted octanol–water partition coefficient (Wildman–Crippen LogP) is 2.40. The van der Waals surface area contributed by atoms with Crippen LogP contribution in [0.25, 0.3) is 0 Å². The van der Waals surface area contributed by atoms with Crippen LogP contribution in [0.3, 0.4) is 0 Å². The Kier molecular flexibility index (Phi) is 2.47. The molecule has 60 valence electrons. The lowest BCUT2D eigenvalue weighted by atomic mass is 10.1. The zero-order valence-electron chi connectivity index (χ0n) is 6.21. The molecule has 2 N–H and O–H groups in total. The molecule has 0 aliphatic rings. The van der Waals surface area contributed by atoms with Crippen LogP contribution < -0.4 is 5.73 Å². The Morgan fingerprint density at radius 3 is 2.36 bits per heavy atom. The van der Waals surface area contributed by atoms with Crippen LogP contribution >= 0.6 is 24.2 Å². The Hall–Kier alpha value is -0.180. The molecule has 3 heteroatoms. The van der Waals surface area contributed by atoms with Gasteiger partial charge in [-0.15, -0.1) is 0 Å². The van der Waals surface area contributed by atoms with Crippen molar-refractivity contribution < 1.29 is 0 Å². The van der Waals surface area contributed by atoms with Gasteiger partial charge in [-0.3, -0.25) is 0 Å². The molecule has 0 aliphatic carbocycles.